The summed E-state index contributed by atoms with van der Waals surface area (Å²) >= 11 is 0. The molecule has 1 unspecified atom stereocenters. The van der Waals surface area contributed by atoms with Crippen LogP contribution >= 0.6 is 0 Å². The third-order valence-electron chi connectivity index (χ3n) is 2.22. The molecule has 0 aliphatic rings. The zero-order valence-corrected chi connectivity index (χ0v) is 10.9. The normalized spacial score (nSPS) is 13.2. The molecule has 0 saturated heterocycles. The fraction of sp³-hybridized carbons (Fsp3) is 0.500. The average Bonchev–Trinajstić information content (AvgIpc) is 2.23. The van der Waals surface area contributed by atoms with Gasteiger partial charge in [0.15, 0.2) is 0 Å². The molecule has 17 heavy (non-hydrogen) atoms. The van der Waals surface area contributed by atoms with Crippen LogP contribution in [0.15, 0.2) is 30.3 Å². The molecule has 0 bridgehead atoms. The van der Waals surface area contributed by atoms with Gasteiger partial charge < -0.3 is 9.47 Å². The molecule has 3 heteroatoms. The molecule has 0 aromatic heterocycles. The van der Waals surface area contributed by atoms with Gasteiger partial charge in [-0.2, -0.15) is 0 Å². The van der Waals surface area contributed by atoms with Gasteiger partial charge in [-0.15, -0.1) is 0 Å². The number of esters is 1. The zero-order valence-electron chi connectivity index (χ0n) is 10.9. The van der Waals surface area contributed by atoms with E-state index in [-0.39, 0.29) is 11.4 Å². The summed E-state index contributed by atoms with van der Waals surface area (Å²) in [5.74, 6) is -0.321. The first-order valence-corrected chi connectivity index (χ1v) is 5.72. The number of hydrogen-bond donors (Lipinski definition) is 0. The standard InChI is InChI=1S/C14H20O3/c1-11(15)17-13(14(2,3)4)16-10-12-8-6-5-7-9-12/h5-9,13H,10H2,1-4H3. The van der Waals surface area contributed by atoms with Gasteiger partial charge in [0.25, 0.3) is 0 Å². The SMILES string of the molecule is CC(=O)OC(OCc1ccccc1)C(C)(C)C. The second-order valence-corrected chi connectivity index (χ2v) is 5.10. The molecule has 0 radical (unpaired) electrons. The highest BCUT2D eigenvalue weighted by Crippen LogP contribution is 2.24. The molecule has 0 N–H and O–H groups in total. The quantitative estimate of drug-likeness (QED) is 0.595. The highest BCUT2D eigenvalue weighted by atomic mass is 16.7. The predicted molar refractivity (Wildman–Crippen MR) is 66.2 cm³/mol. The number of hydrogen-bond acceptors (Lipinski definition) is 3. The monoisotopic (exact) mass is 236 g/mol. The molecule has 0 heterocycles. The van der Waals surface area contributed by atoms with Gasteiger partial charge in [-0.1, -0.05) is 51.1 Å². The number of carbonyl (C=O) groups is 1. The largest absolute Gasteiger partial charge is 0.435 e. The summed E-state index contributed by atoms with van der Waals surface area (Å²) in [5, 5.41) is 0. The van der Waals surface area contributed by atoms with Gasteiger partial charge in [-0.25, -0.2) is 0 Å². The zero-order chi connectivity index (χ0) is 12.9. The van der Waals surface area contributed by atoms with E-state index < -0.39 is 6.29 Å². The van der Waals surface area contributed by atoms with Crippen molar-refractivity contribution in [2.24, 2.45) is 5.41 Å². The molecule has 0 amide bonds. The summed E-state index contributed by atoms with van der Waals surface area (Å²) < 4.78 is 10.8. The Morgan fingerprint density at radius 3 is 2.29 bits per heavy atom. The van der Waals surface area contributed by atoms with Crippen molar-refractivity contribution in [2.75, 3.05) is 0 Å². The molecular weight excluding hydrogens is 216 g/mol. The van der Waals surface area contributed by atoms with Crippen LogP contribution in [0.2, 0.25) is 0 Å². The van der Waals surface area contributed by atoms with Crippen LogP contribution in [0.5, 0.6) is 0 Å². The number of ether oxygens (including phenoxy) is 2. The first-order chi connectivity index (χ1) is 7.89. The lowest BCUT2D eigenvalue weighted by Gasteiger charge is -2.29. The highest BCUT2D eigenvalue weighted by Gasteiger charge is 2.28. The van der Waals surface area contributed by atoms with E-state index in [0.29, 0.717) is 6.61 Å². The van der Waals surface area contributed by atoms with Crippen molar-refractivity contribution in [3.63, 3.8) is 0 Å². The minimum Gasteiger partial charge on any atom is -0.435 e. The van der Waals surface area contributed by atoms with Crippen molar-refractivity contribution >= 4 is 5.97 Å². The molecule has 1 aromatic carbocycles. The third-order valence-corrected chi connectivity index (χ3v) is 2.22. The van der Waals surface area contributed by atoms with Crippen molar-refractivity contribution in [3.05, 3.63) is 35.9 Å². The van der Waals surface area contributed by atoms with E-state index in [2.05, 4.69) is 0 Å². The van der Waals surface area contributed by atoms with Crippen LogP contribution in [0.4, 0.5) is 0 Å². The Morgan fingerprint density at radius 2 is 1.82 bits per heavy atom. The molecule has 0 fully saturated rings. The lowest BCUT2D eigenvalue weighted by molar-refractivity contribution is -0.205. The Kier molecular flexibility index (Phi) is 4.70. The lowest BCUT2D eigenvalue weighted by Crippen LogP contribution is -2.33. The maximum Gasteiger partial charge on any atom is 0.304 e. The minimum atomic E-state index is -0.528. The fourth-order valence-electron chi connectivity index (χ4n) is 1.36. The van der Waals surface area contributed by atoms with Crippen LogP contribution in [0, 0.1) is 5.41 Å². The maximum absolute atomic E-state index is 11.0. The van der Waals surface area contributed by atoms with E-state index in [0.717, 1.165) is 5.56 Å². The Hall–Kier alpha value is -1.35. The van der Waals surface area contributed by atoms with Crippen molar-refractivity contribution in [2.45, 2.75) is 40.6 Å². The molecule has 3 nitrogen and oxygen atoms in total. The minimum absolute atomic E-state index is 0.236. The topological polar surface area (TPSA) is 35.5 Å². The highest BCUT2D eigenvalue weighted by molar-refractivity contribution is 5.66. The molecule has 1 rings (SSSR count). The fourth-order valence-corrected chi connectivity index (χ4v) is 1.36. The van der Waals surface area contributed by atoms with E-state index in [4.69, 9.17) is 9.47 Å². The van der Waals surface area contributed by atoms with Gasteiger partial charge in [-0.05, 0) is 5.56 Å². The summed E-state index contributed by atoms with van der Waals surface area (Å²) in [7, 11) is 0. The summed E-state index contributed by atoms with van der Waals surface area (Å²) in [5.41, 5.74) is 0.828. The van der Waals surface area contributed by atoms with E-state index in [9.17, 15) is 4.79 Å². The Morgan fingerprint density at radius 1 is 1.24 bits per heavy atom. The van der Waals surface area contributed by atoms with Crippen molar-refractivity contribution < 1.29 is 14.3 Å². The van der Waals surface area contributed by atoms with Gasteiger partial charge in [0, 0.05) is 12.3 Å². The van der Waals surface area contributed by atoms with Crippen molar-refractivity contribution in [1.82, 2.24) is 0 Å². The number of carbonyl (C=O) groups excluding carboxylic acids is 1. The van der Waals surface area contributed by atoms with Crippen LogP contribution in [0.25, 0.3) is 0 Å². The average molecular weight is 236 g/mol. The second-order valence-electron chi connectivity index (χ2n) is 5.10. The van der Waals surface area contributed by atoms with Gasteiger partial charge >= 0.3 is 5.97 Å². The summed E-state index contributed by atoms with van der Waals surface area (Å²) in [6.07, 6.45) is -0.528. The molecular formula is C14H20O3. The van der Waals surface area contributed by atoms with Crippen LogP contribution in [0.1, 0.15) is 33.3 Å². The first-order valence-electron chi connectivity index (χ1n) is 5.72. The van der Waals surface area contributed by atoms with E-state index in [1.165, 1.54) is 6.92 Å². The van der Waals surface area contributed by atoms with Crippen molar-refractivity contribution in [1.29, 1.82) is 0 Å². The predicted octanol–water partition coefficient (Wildman–Crippen LogP) is 3.14. The Labute approximate surface area is 103 Å². The first kappa shape index (κ1) is 13.7. The molecule has 1 aromatic rings. The van der Waals surface area contributed by atoms with E-state index in [1.54, 1.807) is 0 Å². The second kappa shape index (κ2) is 5.82. The number of benzene rings is 1. The third kappa shape index (κ3) is 5.00. The van der Waals surface area contributed by atoms with Crippen LogP contribution < -0.4 is 0 Å². The van der Waals surface area contributed by atoms with Crippen molar-refractivity contribution in [3.8, 4) is 0 Å². The number of rotatable bonds is 4. The van der Waals surface area contributed by atoms with E-state index >= 15 is 0 Å². The lowest BCUT2D eigenvalue weighted by atomic mass is 9.96. The van der Waals surface area contributed by atoms with Gasteiger partial charge in [0.1, 0.15) is 0 Å². The Balaban J connectivity index is 2.59. The summed E-state index contributed by atoms with van der Waals surface area (Å²) in [6.45, 7) is 7.77. The van der Waals surface area contributed by atoms with Gasteiger partial charge in [0.05, 0.1) is 6.61 Å². The molecule has 1 atom stereocenters. The molecule has 0 spiro atoms. The van der Waals surface area contributed by atoms with E-state index in [1.807, 2.05) is 51.1 Å². The Bertz CT molecular complexity index is 351. The van der Waals surface area contributed by atoms with Crippen LogP contribution in [-0.4, -0.2) is 12.3 Å². The molecule has 0 aliphatic carbocycles. The summed E-state index contributed by atoms with van der Waals surface area (Å²) in [4.78, 5) is 11.0. The van der Waals surface area contributed by atoms with Crippen LogP contribution in [-0.2, 0) is 20.9 Å². The summed E-state index contributed by atoms with van der Waals surface area (Å²) in [6, 6.07) is 9.82. The van der Waals surface area contributed by atoms with Crippen LogP contribution in [0.3, 0.4) is 0 Å². The van der Waals surface area contributed by atoms with Gasteiger partial charge in [0.2, 0.25) is 6.29 Å². The molecule has 0 aliphatic heterocycles. The smallest absolute Gasteiger partial charge is 0.304 e. The molecule has 94 valence electrons. The van der Waals surface area contributed by atoms with Gasteiger partial charge in [-0.3, -0.25) is 4.79 Å². The molecule has 0 saturated carbocycles. The maximum atomic E-state index is 11.0.